The molecule has 0 aromatic heterocycles. The van der Waals surface area contributed by atoms with E-state index in [0.717, 1.165) is 42.6 Å². The third-order valence-corrected chi connectivity index (χ3v) is 3.06. The number of nitrogens with zero attached hydrogens (tertiary/aromatic N) is 1. The van der Waals surface area contributed by atoms with Crippen LogP contribution in [0, 0.1) is 0 Å². The lowest BCUT2D eigenvalue weighted by Crippen LogP contribution is -2.27. The van der Waals surface area contributed by atoms with Crippen LogP contribution in [0.2, 0.25) is 5.02 Å². The maximum Gasteiger partial charge on any atom is 0.0641 e. The summed E-state index contributed by atoms with van der Waals surface area (Å²) in [5.74, 6) is 0. The van der Waals surface area contributed by atoms with Crippen LogP contribution in [0.25, 0.3) is 0 Å². The molecule has 1 rings (SSSR count). The van der Waals surface area contributed by atoms with Crippen LogP contribution in [0.15, 0.2) is 18.2 Å². The van der Waals surface area contributed by atoms with E-state index < -0.39 is 0 Å². The van der Waals surface area contributed by atoms with E-state index in [1.165, 1.54) is 0 Å². The molecule has 2 N–H and O–H groups in total. The molecule has 1 aromatic rings. The molecule has 0 aliphatic rings. The van der Waals surface area contributed by atoms with Crippen molar-refractivity contribution < 1.29 is 4.74 Å². The summed E-state index contributed by atoms with van der Waals surface area (Å²) in [7, 11) is 0. The zero-order valence-electron chi connectivity index (χ0n) is 10.6. The lowest BCUT2D eigenvalue weighted by atomic mass is 10.2. The molecular weight excluding hydrogens is 236 g/mol. The fourth-order valence-electron chi connectivity index (χ4n) is 1.69. The van der Waals surface area contributed by atoms with E-state index in [4.69, 9.17) is 22.1 Å². The number of anilines is 1. The largest absolute Gasteiger partial charge is 0.380 e. The second-order valence-corrected chi connectivity index (χ2v) is 4.16. The van der Waals surface area contributed by atoms with Gasteiger partial charge in [0.05, 0.1) is 6.61 Å². The van der Waals surface area contributed by atoms with E-state index >= 15 is 0 Å². The molecule has 0 fully saturated rings. The zero-order chi connectivity index (χ0) is 12.7. The van der Waals surface area contributed by atoms with Gasteiger partial charge in [0.25, 0.3) is 0 Å². The molecule has 0 saturated heterocycles. The Morgan fingerprint density at radius 1 is 1.35 bits per heavy atom. The Bertz CT molecular complexity index is 344. The summed E-state index contributed by atoms with van der Waals surface area (Å²) >= 11 is 6.15. The van der Waals surface area contributed by atoms with Crippen LogP contribution in [0.3, 0.4) is 0 Å². The Kier molecular flexibility index (Phi) is 6.34. The van der Waals surface area contributed by atoms with Gasteiger partial charge in [-0.25, -0.2) is 0 Å². The highest BCUT2D eigenvalue weighted by molar-refractivity contribution is 6.31. The molecule has 0 aliphatic carbocycles. The summed E-state index contributed by atoms with van der Waals surface area (Å²) in [6.45, 7) is 7.91. The van der Waals surface area contributed by atoms with E-state index in [1.807, 2.05) is 19.1 Å². The van der Waals surface area contributed by atoms with Crippen molar-refractivity contribution in [3.8, 4) is 0 Å². The number of hydrogen-bond donors (Lipinski definition) is 1. The number of halogens is 1. The summed E-state index contributed by atoms with van der Waals surface area (Å²) in [4.78, 5) is 2.24. The maximum absolute atomic E-state index is 6.15. The molecule has 0 atom stereocenters. The molecule has 0 unspecified atom stereocenters. The molecule has 0 saturated carbocycles. The van der Waals surface area contributed by atoms with E-state index in [2.05, 4.69) is 17.9 Å². The standard InChI is InChI=1S/C13H21ClN2O/c1-3-16(7-8-17-4-2)12-6-5-11(10-15)13(14)9-12/h5-6,9H,3-4,7-8,10,15H2,1-2H3. The Labute approximate surface area is 109 Å². The smallest absolute Gasteiger partial charge is 0.0641 e. The molecule has 0 aliphatic heterocycles. The monoisotopic (exact) mass is 256 g/mol. The van der Waals surface area contributed by atoms with Gasteiger partial charge in [0.2, 0.25) is 0 Å². The zero-order valence-corrected chi connectivity index (χ0v) is 11.3. The average molecular weight is 257 g/mol. The first kappa shape index (κ1) is 14.3. The van der Waals surface area contributed by atoms with Crippen molar-refractivity contribution in [1.29, 1.82) is 0 Å². The average Bonchev–Trinajstić information content (AvgIpc) is 2.35. The van der Waals surface area contributed by atoms with Gasteiger partial charge in [-0.05, 0) is 31.5 Å². The second-order valence-electron chi connectivity index (χ2n) is 3.76. The second kappa shape index (κ2) is 7.54. The van der Waals surface area contributed by atoms with Gasteiger partial charge in [-0.15, -0.1) is 0 Å². The summed E-state index contributed by atoms with van der Waals surface area (Å²) < 4.78 is 5.37. The van der Waals surface area contributed by atoms with Gasteiger partial charge in [-0.2, -0.15) is 0 Å². The van der Waals surface area contributed by atoms with Crippen molar-refractivity contribution in [3.63, 3.8) is 0 Å². The molecular formula is C13H21ClN2O. The predicted octanol–water partition coefficient (Wildman–Crippen LogP) is 2.66. The molecule has 0 radical (unpaired) electrons. The van der Waals surface area contributed by atoms with E-state index in [0.29, 0.717) is 6.54 Å². The topological polar surface area (TPSA) is 38.5 Å². The number of hydrogen-bond acceptors (Lipinski definition) is 3. The maximum atomic E-state index is 6.15. The predicted molar refractivity (Wildman–Crippen MR) is 73.7 cm³/mol. The van der Waals surface area contributed by atoms with Crippen LogP contribution < -0.4 is 10.6 Å². The molecule has 96 valence electrons. The molecule has 0 spiro atoms. The molecule has 17 heavy (non-hydrogen) atoms. The number of nitrogens with two attached hydrogens (primary N) is 1. The lowest BCUT2D eigenvalue weighted by Gasteiger charge is -2.23. The highest BCUT2D eigenvalue weighted by Crippen LogP contribution is 2.23. The highest BCUT2D eigenvalue weighted by Gasteiger charge is 2.06. The summed E-state index contributed by atoms with van der Waals surface area (Å²) in [6, 6.07) is 6.02. The number of ether oxygens (including phenoxy) is 1. The normalized spacial score (nSPS) is 10.6. The Morgan fingerprint density at radius 2 is 2.12 bits per heavy atom. The van der Waals surface area contributed by atoms with Gasteiger partial charge in [0, 0.05) is 37.0 Å². The number of benzene rings is 1. The van der Waals surface area contributed by atoms with Gasteiger partial charge >= 0.3 is 0 Å². The first-order valence-corrected chi connectivity index (χ1v) is 6.41. The fourth-order valence-corrected chi connectivity index (χ4v) is 1.94. The van der Waals surface area contributed by atoms with Gasteiger partial charge in [-0.1, -0.05) is 17.7 Å². The number of likely N-dealkylation sites (N-methyl/N-ethyl adjacent to an activating group) is 1. The van der Waals surface area contributed by atoms with Crippen molar-refractivity contribution in [2.75, 3.05) is 31.2 Å². The summed E-state index contributed by atoms with van der Waals surface area (Å²) in [5, 5.41) is 0.736. The van der Waals surface area contributed by atoms with Crippen LogP contribution >= 0.6 is 11.6 Å². The number of rotatable bonds is 7. The van der Waals surface area contributed by atoms with E-state index in [1.54, 1.807) is 0 Å². The molecule has 0 amide bonds. The van der Waals surface area contributed by atoms with E-state index in [9.17, 15) is 0 Å². The first-order chi connectivity index (χ1) is 8.22. The van der Waals surface area contributed by atoms with Crippen LogP contribution in [0.1, 0.15) is 19.4 Å². The van der Waals surface area contributed by atoms with Crippen LogP contribution in [0.5, 0.6) is 0 Å². The minimum atomic E-state index is 0.476. The Morgan fingerprint density at radius 3 is 2.65 bits per heavy atom. The Balaban J connectivity index is 2.71. The molecule has 1 aromatic carbocycles. The highest BCUT2D eigenvalue weighted by atomic mass is 35.5. The van der Waals surface area contributed by atoms with Crippen molar-refractivity contribution in [2.24, 2.45) is 5.73 Å². The fraction of sp³-hybridized carbons (Fsp3) is 0.538. The summed E-state index contributed by atoms with van der Waals surface area (Å²) in [5.41, 5.74) is 7.69. The quantitative estimate of drug-likeness (QED) is 0.763. The molecule has 0 heterocycles. The summed E-state index contributed by atoms with van der Waals surface area (Å²) in [6.07, 6.45) is 0. The van der Waals surface area contributed by atoms with Crippen molar-refractivity contribution in [1.82, 2.24) is 0 Å². The van der Waals surface area contributed by atoms with Gasteiger partial charge in [0.15, 0.2) is 0 Å². The van der Waals surface area contributed by atoms with Crippen molar-refractivity contribution >= 4 is 17.3 Å². The molecule has 0 bridgehead atoms. The van der Waals surface area contributed by atoms with Gasteiger partial charge < -0.3 is 15.4 Å². The van der Waals surface area contributed by atoms with Crippen molar-refractivity contribution in [2.45, 2.75) is 20.4 Å². The van der Waals surface area contributed by atoms with Crippen LogP contribution in [-0.2, 0) is 11.3 Å². The van der Waals surface area contributed by atoms with Crippen LogP contribution in [-0.4, -0.2) is 26.3 Å². The van der Waals surface area contributed by atoms with Crippen molar-refractivity contribution in [3.05, 3.63) is 28.8 Å². The molecule has 3 nitrogen and oxygen atoms in total. The molecule has 4 heteroatoms. The van der Waals surface area contributed by atoms with Gasteiger partial charge in [0.1, 0.15) is 0 Å². The van der Waals surface area contributed by atoms with E-state index in [-0.39, 0.29) is 0 Å². The third kappa shape index (κ3) is 4.19. The van der Waals surface area contributed by atoms with Crippen LogP contribution in [0.4, 0.5) is 5.69 Å². The van der Waals surface area contributed by atoms with Gasteiger partial charge in [-0.3, -0.25) is 0 Å². The first-order valence-electron chi connectivity index (χ1n) is 6.04. The minimum absolute atomic E-state index is 0.476. The third-order valence-electron chi connectivity index (χ3n) is 2.71. The Hall–Kier alpha value is -0.770. The SMILES string of the molecule is CCOCCN(CC)c1ccc(CN)c(Cl)c1. The lowest BCUT2D eigenvalue weighted by molar-refractivity contribution is 0.154. The minimum Gasteiger partial charge on any atom is -0.380 e.